The van der Waals surface area contributed by atoms with Gasteiger partial charge in [0.15, 0.2) is 5.11 Å². The molecule has 0 bridgehead atoms. The molecule has 1 aliphatic heterocycles. The van der Waals surface area contributed by atoms with Crippen molar-refractivity contribution in [3.05, 3.63) is 59.2 Å². The maximum Gasteiger partial charge on any atom is 0.173 e. The number of aryl methyl sites for hydroxylation is 2. The number of thiocarbonyl (C=S) groups is 1. The summed E-state index contributed by atoms with van der Waals surface area (Å²) in [5.74, 6) is 0. The predicted octanol–water partition coefficient (Wildman–Crippen LogP) is 6.16. The van der Waals surface area contributed by atoms with Crippen LogP contribution in [0.25, 0.3) is 0 Å². The van der Waals surface area contributed by atoms with E-state index in [1.54, 1.807) is 0 Å². The van der Waals surface area contributed by atoms with E-state index in [1.165, 1.54) is 48.2 Å². The summed E-state index contributed by atoms with van der Waals surface area (Å²) in [4.78, 5) is 4.87. The molecule has 0 amide bonds. The molecule has 156 valence electrons. The number of hydrogen-bond acceptors (Lipinski definition) is 2. The summed E-state index contributed by atoms with van der Waals surface area (Å²) in [6.45, 7) is 12.0. The first-order chi connectivity index (χ1) is 14.0. The minimum absolute atomic E-state index is 0.381. The van der Waals surface area contributed by atoms with Crippen molar-refractivity contribution in [2.45, 2.75) is 66.0 Å². The highest BCUT2D eigenvalue weighted by molar-refractivity contribution is 7.80. The minimum Gasteiger partial charge on any atom is -0.371 e. The van der Waals surface area contributed by atoms with Crippen LogP contribution in [0.1, 0.15) is 56.7 Å². The topological polar surface area (TPSA) is 18.5 Å². The quantitative estimate of drug-likeness (QED) is 0.552. The lowest BCUT2D eigenvalue weighted by atomic mass is 9.98. The molecule has 1 atom stereocenters. The molecule has 1 N–H and O–H groups in total. The van der Waals surface area contributed by atoms with Crippen molar-refractivity contribution in [1.29, 1.82) is 0 Å². The Hall–Kier alpha value is -2.07. The molecular weight excluding hydrogens is 374 g/mol. The van der Waals surface area contributed by atoms with Gasteiger partial charge in [-0.25, -0.2) is 0 Å². The van der Waals surface area contributed by atoms with Crippen molar-refractivity contribution in [2.75, 3.05) is 23.3 Å². The molecule has 0 aromatic heterocycles. The van der Waals surface area contributed by atoms with Crippen LogP contribution in [0.15, 0.2) is 42.5 Å². The molecule has 0 saturated carbocycles. The second-order valence-corrected chi connectivity index (χ2v) is 8.57. The third-order valence-corrected chi connectivity index (χ3v) is 6.31. The second kappa shape index (κ2) is 10.1. The molecule has 3 rings (SSSR count). The standard InChI is InChI=1S/C25H35N3S/c1-5-15-27-16-9-11-22-17-21(13-14-24(22)27)18-28(20(4)6-2)25(29)26-23-12-8-7-10-19(23)3/h7-8,10,12-14,17,20H,5-6,9,11,15-16,18H2,1-4H3,(H,26,29)/t20-/m0/s1. The van der Waals surface area contributed by atoms with Gasteiger partial charge in [-0.1, -0.05) is 44.2 Å². The third-order valence-electron chi connectivity index (χ3n) is 5.98. The highest BCUT2D eigenvalue weighted by Crippen LogP contribution is 2.29. The van der Waals surface area contributed by atoms with E-state index in [-0.39, 0.29) is 0 Å². The van der Waals surface area contributed by atoms with Gasteiger partial charge in [-0.3, -0.25) is 0 Å². The summed E-state index contributed by atoms with van der Waals surface area (Å²) in [5.41, 5.74) is 6.56. The number of benzene rings is 2. The van der Waals surface area contributed by atoms with E-state index in [0.717, 1.165) is 30.3 Å². The molecule has 2 aromatic carbocycles. The SMILES string of the molecule is CCCN1CCCc2cc(CN(C(=S)Nc3ccccc3C)[C@@H](C)CC)ccc21. The fourth-order valence-electron chi connectivity index (χ4n) is 4.07. The summed E-state index contributed by atoms with van der Waals surface area (Å²) in [5, 5.41) is 4.29. The van der Waals surface area contributed by atoms with Gasteiger partial charge in [-0.2, -0.15) is 0 Å². The Labute approximate surface area is 182 Å². The Bertz CT molecular complexity index is 833. The summed E-state index contributed by atoms with van der Waals surface area (Å²) in [7, 11) is 0. The van der Waals surface area contributed by atoms with E-state index < -0.39 is 0 Å². The maximum atomic E-state index is 5.84. The van der Waals surface area contributed by atoms with Gasteiger partial charge < -0.3 is 15.1 Å². The Kier molecular flexibility index (Phi) is 7.54. The summed E-state index contributed by atoms with van der Waals surface area (Å²) < 4.78 is 0. The molecule has 2 aromatic rings. The lowest BCUT2D eigenvalue weighted by Gasteiger charge is -2.34. The highest BCUT2D eigenvalue weighted by Gasteiger charge is 2.20. The molecular formula is C25H35N3S. The summed E-state index contributed by atoms with van der Waals surface area (Å²) in [6.07, 6.45) is 4.68. The molecule has 29 heavy (non-hydrogen) atoms. The Balaban J connectivity index is 1.78. The molecule has 0 spiro atoms. The number of nitrogens with zero attached hydrogens (tertiary/aromatic N) is 2. The van der Waals surface area contributed by atoms with Gasteiger partial charge in [0, 0.05) is 37.1 Å². The Morgan fingerprint density at radius 1 is 1.21 bits per heavy atom. The molecule has 0 fully saturated rings. The van der Waals surface area contributed by atoms with Crippen LogP contribution in [0, 0.1) is 6.92 Å². The largest absolute Gasteiger partial charge is 0.371 e. The molecule has 4 heteroatoms. The van der Waals surface area contributed by atoms with Gasteiger partial charge in [-0.15, -0.1) is 0 Å². The van der Waals surface area contributed by atoms with Gasteiger partial charge in [0.05, 0.1) is 0 Å². The van der Waals surface area contributed by atoms with E-state index in [9.17, 15) is 0 Å². The van der Waals surface area contributed by atoms with E-state index in [2.05, 4.69) is 85.3 Å². The van der Waals surface area contributed by atoms with Crippen molar-refractivity contribution < 1.29 is 0 Å². The molecule has 1 aliphatic rings. The van der Waals surface area contributed by atoms with Crippen LogP contribution in [0.2, 0.25) is 0 Å². The monoisotopic (exact) mass is 409 g/mol. The molecule has 3 nitrogen and oxygen atoms in total. The zero-order chi connectivity index (χ0) is 20.8. The van der Waals surface area contributed by atoms with Crippen LogP contribution >= 0.6 is 12.2 Å². The van der Waals surface area contributed by atoms with E-state index in [1.807, 2.05) is 0 Å². The number of para-hydroxylation sites is 1. The predicted molar refractivity (Wildman–Crippen MR) is 130 cm³/mol. The first kappa shape index (κ1) is 21.6. The molecule has 1 heterocycles. The maximum absolute atomic E-state index is 5.84. The Morgan fingerprint density at radius 2 is 2.00 bits per heavy atom. The van der Waals surface area contributed by atoms with Crippen molar-refractivity contribution in [1.82, 2.24) is 4.90 Å². The molecule has 0 aliphatic carbocycles. The van der Waals surface area contributed by atoms with Gasteiger partial charge >= 0.3 is 0 Å². The lowest BCUT2D eigenvalue weighted by Crippen LogP contribution is -2.40. The zero-order valence-corrected chi connectivity index (χ0v) is 19.2. The van der Waals surface area contributed by atoms with Crippen LogP contribution in [0.4, 0.5) is 11.4 Å². The third kappa shape index (κ3) is 5.30. The summed E-state index contributed by atoms with van der Waals surface area (Å²) >= 11 is 5.84. The number of rotatable bonds is 7. The van der Waals surface area contributed by atoms with Crippen molar-refractivity contribution in [2.24, 2.45) is 0 Å². The Morgan fingerprint density at radius 3 is 2.72 bits per heavy atom. The van der Waals surface area contributed by atoms with E-state index in [0.29, 0.717) is 6.04 Å². The molecule has 0 radical (unpaired) electrons. The normalized spacial score (nSPS) is 14.3. The van der Waals surface area contributed by atoms with Gasteiger partial charge in [-0.05, 0) is 80.6 Å². The van der Waals surface area contributed by atoms with Crippen LogP contribution in [-0.4, -0.2) is 29.1 Å². The number of anilines is 2. The lowest BCUT2D eigenvalue weighted by molar-refractivity contribution is 0.319. The van der Waals surface area contributed by atoms with Crippen molar-refractivity contribution >= 4 is 28.7 Å². The number of nitrogens with one attached hydrogen (secondary N) is 1. The van der Waals surface area contributed by atoms with Crippen molar-refractivity contribution in [3.8, 4) is 0 Å². The van der Waals surface area contributed by atoms with Gasteiger partial charge in [0.1, 0.15) is 0 Å². The molecule has 0 saturated heterocycles. The van der Waals surface area contributed by atoms with Crippen LogP contribution in [0.5, 0.6) is 0 Å². The molecule has 0 unspecified atom stereocenters. The fourth-order valence-corrected chi connectivity index (χ4v) is 4.43. The van der Waals surface area contributed by atoms with Crippen LogP contribution in [0.3, 0.4) is 0 Å². The van der Waals surface area contributed by atoms with Crippen molar-refractivity contribution in [3.63, 3.8) is 0 Å². The fraction of sp³-hybridized carbons (Fsp3) is 0.480. The van der Waals surface area contributed by atoms with Gasteiger partial charge in [0.2, 0.25) is 0 Å². The second-order valence-electron chi connectivity index (χ2n) is 8.18. The highest BCUT2D eigenvalue weighted by atomic mass is 32.1. The zero-order valence-electron chi connectivity index (χ0n) is 18.4. The smallest absolute Gasteiger partial charge is 0.173 e. The number of hydrogen-bond donors (Lipinski definition) is 1. The first-order valence-electron chi connectivity index (χ1n) is 11.0. The van der Waals surface area contributed by atoms with Crippen LogP contribution in [-0.2, 0) is 13.0 Å². The summed E-state index contributed by atoms with van der Waals surface area (Å²) in [6, 6.07) is 15.7. The first-order valence-corrected chi connectivity index (χ1v) is 11.4. The average molecular weight is 410 g/mol. The van der Waals surface area contributed by atoms with E-state index in [4.69, 9.17) is 12.2 Å². The van der Waals surface area contributed by atoms with Gasteiger partial charge in [0.25, 0.3) is 0 Å². The van der Waals surface area contributed by atoms with Crippen LogP contribution < -0.4 is 10.2 Å². The minimum atomic E-state index is 0.381. The van der Waals surface area contributed by atoms with E-state index >= 15 is 0 Å². The average Bonchev–Trinajstić information content (AvgIpc) is 2.73. The number of fused-ring (bicyclic) bond motifs is 1.